The third-order valence-electron chi connectivity index (χ3n) is 3.11. The number of hydrogen-bond donors (Lipinski definition) is 1. The number of nitrogen functional groups attached to an aromatic ring is 1. The van der Waals surface area contributed by atoms with E-state index < -0.39 is 0 Å². The van der Waals surface area contributed by atoms with Crippen LogP contribution in [0.25, 0.3) is 0 Å². The third-order valence-corrected chi connectivity index (χ3v) is 4.34. The summed E-state index contributed by atoms with van der Waals surface area (Å²) in [5.41, 5.74) is 5.82. The lowest BCUT2D eigenvalue weighted by molar-refractivity contribution is 0.0713. The number of rotatable bonds is 4. The van der Waals surface area contributed by atoms with Gasteiger partial charge in [-0.25, -0.2) is 4.98 Å². The van der Waals surface area contributed by atoms with Crippen LogP contribution < -0.4 is 10.6 Å². The fourth-order valence-corrected chi connectivity index (χ4v) is 2.35. The molecule has 0 spiro atoms. The van der Waals surface area contributed by atoms with E-state index in [0.29, 0.717) is 16.6 Å². The average Bonchev–Trinajstić information content (AvgIpc) is 2.68. The van der Waals surface area contributed by atoms with Gasteiger partial charge in [0.25, 0.3) is 5.91 Å². The Bertz CT molecular complexity index is 428. The van der Waals surface area contributed by atoms with Gasteiger partial charge in [0.1, 0.15) is 10.7 Å². The normalized spacial score (nSPS) is 12.6. The highest BCUT2D eigenvalue weighted by Crippen LogP contribution is 2.28. The predicted molar refractivity (Wildman–Crippen MR) is 77.2 cm³/mol. The summed E-state index contributed by atoms with van der Waals surface area (Å²) in [6.07, 6.45) is 0. The fourth-order valence-electron chi connectivity index (χ4n) is 1.46. The van der Waals surface area contributed by atoms with Gasteiger partial charge < -0.3 is 15.5 Å². The van der Waals surface area contributed by atoms with Crippen molar-refractivity contribution < 1.29 is 4.79 Å². The summed E-state index contributed by atoms with van der Waals surface area (Å²) >= 11 is 1.33. The van der Waals surface area contributed by atoms with Crippen LogP contribution >= 0.6 is 11.3 Å². The average molecular weight is 270 g/mol. The molecule has 1 aromatic rings. The second-order valence-corrected chi connectivity index (χ2v) is 5.98. The van der Waals surface area contributed by atoms with E-state index in [1.807, 2.05) is 33.0 Å². The summed E-state index contributed by atoms with van der Waals surface area (Å²) in [5.74, 6) is 0.664. The lowest BCUT2D eigenvalue weighted by atomic mass is 10.1. The third kappa shape index (κ3) is 2.93. The number of carbonyl (C=O) groups excluding carboxylic acids is 1. The lowest BCUT2D eigenvalue weighted by Crippen LogP contribution is -2.38. The number of nitrogens with two attached hydrogens (primary N) is 1. The number of carbonyl (C=O) groups is 1. The Labute approximate surface area is 113 Å². The van der Waals surface area contributed by atoms with Gasteiger partial charge in [0.15, 0.2) is 5.13 Å². The van der Waals surface area contributed by atoms with Crippen LogP contribution in [0, 0.1) is 5.92 Å². The number of aromatic nitrogens is 1. The molecule has 1 unspecified atom stereocenters. The molecular weight excluding hydrogens is 248 g/mol. The van der Waals surface area contributed by atoms with Crippen LogP contribution in [0.2, 0.25) is 0 Å². The maximum absolute atomic E-state index is 12.3. The molecule has 1 atom stereocenters. The van der Waals surface area contributed by atoms with Crippen molar-refractivity contribution >= 4 is 28.2 Å². The first-order valence-electron chi connectivity index (χ1n) is 5.96. The van der Waals surface area contributed by atoms with Crippen LogP contribution in [0.4, 0.5) is 10.9 Å². The first-order valence-corrected chi connectivity index (χ1v) is 6.78. The van der Waals surface area contributed by atoms with Crippen LogP contribution in [0.5, 0.6) is 0 Å². The Balaban J connectivity index is 2.97. The van der Waals surface area contributed by atoms with E-state index in [9.17, 15) is 4.79 Å². The minimum absolute atomic E-state index is 0.0562. The molecule has 1 heterocycles. The van der Waals surface area contributed by atoms with E-state index in [4.69, 9.17) is 5.73 Å². The molecule has 1 amide bonds. The van der Waals surface area contributed by atoms with Crippen molar-refractivity contribution in [3.63, 3.8) is 0 Å². The molecule has 18 heavy (non-hydrogen) atoms. The van der Waals surface area contributed by atoms with Crippen LogP contribution in [-0.4, -0.2) is 43.0 Å². The smallest absolute Gasteiger partial charge is 0.267 e. The van der Waals surface area contributed by atoms with Gasteiger partial charge in [-0.1, -0.05) is 25.2 Å². The molecule has 1 aromatic heterocycles. The molecule has 0 bridgehead atoms. The molecule has 0 radical (unpaired) electrons. The van der Waals surface area contributed by atoms with Gasteiger partial charge in [-0.05, 0) is 12.8 Å². The molecule has 1 rings (SSSR count). The molecule has 0 aliphatic rings. The lowest BCUT2D eigenvalue weighted by Gasteiger charge is -2.27. The van der Waals surface area contributed by atoms with Crippen LogP contribution in [0.1, 0.15) is 30.4 Å². The first-order chi connectivity index (χ1) is 8.25. The molecule has 2 N–H and O–H groups in total. The highest BCUT2D eigenvalue weighted by molar-refractivity contribution is 7.18. The summed E-state index contributed by atoms with van der Waals surface area (Å²) in [7, 11) is 5.57. The molecule has 0 aliphatic carbocycles. The van der Waals surface area contributed by atoms with Gasteiger partial charge >= 0.3 is 0 Å². The van der Waals surface area contributed by atoms with Crippen molar-refractivity contribution in [1.29, 1.82) is 0 Å². The fraction of sp³-hybridized carbons (Fsp3) is 0.667. The highest BCUT2D eigenvalue weighted by Gasteiger charge is 2.24. The first kappa shape index (κ1) is 14.8. The maximum Gasteiger partial charge on any atom is 0.267 e. The largest absolute Gasteiger partial charge is 0.382 e. The molecular formula is C12H22N4OS. The van der Waals surface area contributed by atoms with E-state index in [0.717, 1.165) is 5.13 Å². The van der Waals surface area contributed by atoms with Gasteiger partial charge in [0.05, 0.1) is 0 Å². The predicted octanol–water partition coefficient (Wildman–Crippen LogP) is 1.91. The number of anilines is 2. The SMILES string of the molecule is CC(C)C(C)N(C)C(=O)c1sc(N(C)C)nc1N. The van der Waals surface area contributed by atoms with Gasteiger partial charge in [0, 0.05) is 27.2 Å². The number of nitrogens with zero attached hydrogens (tertiary/aromatic N) is 3. The molecule has 0 saturated carbocycles. The minimum Gasteiger partial charge on any atom is -0.382 e. The number of thiazole rings is 1. The molecule has 5 nitrogen and oxygen atoms in total. The molecule has 0 saturated heterocycles. The molecule has 0 fully saturated rings. The molecule has 102 valence electrons. The number of hydrogen-bond acceptors (Lipinski definition) is 5. The van der Waals surface area contributed by atoms with Gasteiger partial charge in [-0.3, -0.25) is 4.79 Å². The van der Waals surface area contributed by atoms with Gasteiger partial charge in [-0.15, -0.1) is 0 Å². The van der Waals surface area contributed by atoms with E-state index >= 15 is 0 Å². The van der Waals surface area contributed by atoms with Gasteiger partial charge in [0.2, 0.25) is 0 Å². The molecule has 6 heteroatoms. The van der Waals surface area contributed by atoms with Crippen molar-refractivity contribution in [2.45, 2.75) is 26.8 Å². The Kier molecular flexibility index (Phi) is 4.56. The second kappa shape index (κ2) is 5.56. The Morgan fingerprint density at radius 1 is 1.28 bits per heavy atom. The van der Waals surface area contributed by atoms with E-state index in [1.165, 1.54) is 11.3 Å². The summed E-state index contributed by atoms with van der Waals surface area (Å²) < 4.78 is 0. The Morgan fingerprint density at radius 3 is 2.22 bits per heavy atom. The summed E-state index contributed by atoms with van der Waals surface area (Å²) in [6, 6.07) is 0.168. The zero-order valence-corrected chi connectivity index (χ0v) is 12.7. The zero-order valence-electron chi connectivity index (χ0n) is 11.9. The second-order valence-electron chi connectivity index (χ2n) is 5.01. The van der Waals surface area contributed by atoms with Crippen molar-refractivity contribution in [3.05, 3.63) is 4.88 Å². The Morgan fingerprint density at radius 2 is 1.83 bits per heavy atom. The molecule has 0 aromatic carbocycles. The minimum atomic E-state index is -0.0562. The topological polar surface area (TPSA) is 62.5 Å². The quantitative estimate of drug-likeness (QED) is 0.908. The summed E-state index contributed by atoms with van der Waals surface area (Å²) in [4.78, 5) is 20.6. The van der Waals surface area contributed by atoms with Crippen molar-refractivity contribution in [2.75, 3.05) is 31.8 Å². The van der Waals surface area contributed by atoms with Crippen LogP contribution in [-0.2, 0) is 0 Å². The van der Waals surface area contributed by atoms with Gasteiger partial charge in [-0.2, -0.15) is 0 Å². The standard InChI is InChI=1S/C12H22N4OS/c1-7(2)8(3)16(6)11(17)9-10(13)14-12(18-9)15(4)5/h7-8H,13H2,1-6H3. The number of amides is 1. The van der Waals surface area contributed by atoms with Crippen molar-refractivity contribution in [1.82, 2.24) is 9.88 Å². The Hall–Kier alpha value is -1.30. The summed E-state index contributed by atoms with van der Waals surface area (Å²) in [5, 5.41) is 0.751. The van der Waals surface area contributed by atoms with Crippen molar-refractivity contribution in [3.8, 4) is 0 Å². The summed E-state index contributed by atoms with van der Waals surface area (Å²) in [6.45, 7) is 6.22. The van der Waals surface area contributed by atoms with Crippen molar-refractivity contribution in [2.24, 2.45) is 5.92 Å². The van der Waals surface area contributed by atoms with E-state index in [1.54, 1.807) is 4.90 Å². The monoisotopic (exact) mass is 270 g/mol. The van der Waals surface area contributed by atoms with Crippen LogP contribution in [0.15, 0.2) is 0 Å². The molecule has 0 aliphatic heterocycles. The van der Waals surface area contributed by atoms with E-state index in [2.05, 4.69) is 18.8 Å². The van der Waals surface area contributed by atoms with E-state index in [-0.39, 0.29) is 11.9 Å². The highest BCUT2D eigenvalue weighted by atomic mass is 32.1. The zero-order chi connectivity index (χ0) is 14.0. The maximum atomic E-state index is 12.3. The van der Waals surface area contributed by atoms with Crippen LogP contribution in [0.3, 0.4) is 0 Å².